The summed E-state index contributed by atoms with van der Waals surface area (Å²) in [5.74, 6) is -2.23. The number of carbonyl (C=O) groups is 1. The molecule has 2 rings (SSSR count). The fraction of sp³-hybridized carbons (Fsp3) is 0.263. The molecule has 0 saturated carbocycles. The lowest BCUT2D eigenvalue weighted by Crippen LogP contribution is -2.32. The molecule has 2 aromatic rings. The quantitative estimate of drug-likeness (QED) is 0.733. The molecule has 1 N–H and O–H groups in total. The molecule has 2 aromatic carbocycles. The van der Waals surface area contributed by atoms with Crippen molar-refractivity contribution in [2.45, 2.75) is 25.1 Å². The van der Waals surface area contributed by atoms with E-state index in [0.29, 0.717) is 16.7 Å². The summed E-state index contributed by atoms with van der Waals surface area (Å²) in [4.78, 5) is 12.1. The standard InChI is InChI=1S/C19H17F3N2O4S/c1-13(16-6-8-17(9-7-16)28-19(20,21)22)24-18(25)12-29(26,27)11-15-4-2-14(10-23)3-5-15/h2-9,13H,11-12H2,1H3,(H,24,25)/t13-/m1/s1. The normalized spacial score (nSPS) is 12.7. The Balaban J connectivity index is 1.93. The first-order valence-corrected chi connectivity index (χ1v) is 10.1. The Hall–Kier alpha value is -3.06. The van der Waals surface area contributed by atoms with Gasteiger partial charge >= 0.3 is 6.36 Å². The van der Waals surface area contributed by atoms with Crippen LogP contribution in [0.15, 0.2) is 48.5 Å². The predicted octanol–water partition coefficient (Wildman–Crippen LogP) is 3.25. The highest BCUT2D eigenvalue weighted by molar-refractivity contribution is 7.91. The number of nitrogens with zero attached hydrogens (tertiary/aromatic N) is 1. The van der Waals surface area contributed by atoms with Gasteiger partial charge in [-0.05, 0) is 42.3 Å². The number of nitriles is 1. The molecule has 0 fully saturated rings. The monoisotopic (exact) mass is 426 g/mol. The number of ether oxygens (including phenoxy) is 1. The van der Waals surface area contributed by atoms with E-state index >= 15 is 0 Å². The number of carbonyl (C=O) groups excluding carboxylic acids is 1. The topological polar surface area (TPSA) is 96.3 Å². The van der Waals surface area contributed by atoms with Gasteiger partial charge in [-0.15, -0.1) is 13.2 Å². The number of nitrogens with one attached hydrogen (secondary N) is 1. The second-order valence-corrected chi connectivity index (χ2v) is 8.31. The minimum Gasteiger partial charge on any atom is -0.406 e. The summed E-state index contributed by atoms with van der Waals surface area (Å²) >= 11 is 0. The lowest BCUT2D eigenvalue weighted by molar-refractivity contribution is -0.274. The molecule has 0 aliphatic heterocycles. The Morgan fingerprint density at radius 2 is 1.72 bits per heavy atom. The third-order valence-corrected chi connectivity index (χ3v) is 5.29. The lowest BCUT2D eigenvalue weighted by atomic mass is 10.1. The average molecular weight is 426 g/mol. The molecular formula is C19H17F3N2O4S. The van der Waals surface area contributed by atoms with E-state index < -0.39 is 39.7 Å². The third kappa shape index (κ3) is 7.46. The molecule has 0 heterocycles. The lowest BCUT2D eigenvalue weighted by Gasteiger charge is -2.15. The van der Waals surface area contributed by atoms with Crippen LogP contribution in [0.25, 0.3) is 0 Å². The van der Waals surface area contributed by atoms with Crippen LogP contribution in [0.1, 0.15) is 29.7 Å². The highest BCUT2D eigenvalue weighted by atomic mass is 32.2. The summed E-state index contributed by atoms with van der Waals surface area (Å²) in [6, 6.07) is 12.2. The van der Waals surface area contributed by atoms with Gasteiger partial charge in [0.15, 0.2) is 9.84 Å². The summed E-state index contributed by atoms with van der Waals surface area (Å²) in [6.07, 6.45) is -4.80. The van der Waals surface area contributed by atoms with Crippen LogP contribution in [-0.4, -0.2) is 26.4 Å². The number of halogens is 3. The van der Waals surface area contributed by atoms with E-state index in [4.69, 9.17) is 5.26 Å². The van der Waals surface area contributed by atoms with Gasteiger partial charge in [-0.25, -0.2) is 8.42 Å². The van der Waals surface area contributed by atoms with E-state index in [1.54, 1.807) is 6.92 Å². The van der Waals surface area contributed by atoms with Crippen molar-refractivity contribution in [1.29, 1.82) is 5.26 Å². The van der Waals surface area contributed by atoms with Gasteiger partial charge in [0.05, 0.1) is 23.4 Å². The number of sulfone groups is 1. The van der Waals surface area contributed by atoms with Crippen LogP contribution in [0.3, 0.4) is 0 Å². The highest BCUT2D eigenvalue weighted by Crippen LogP contribution is 2.24. The molecule has 0 bridgehead atoms. The van der Waals surface area contributed by atoms with Crippen molar-refractivity contribution < 1.29 is 31.1 Å². The zero-order valence-corrected chi connectivity index (χ0v) is 16.0. The maximum absolute atomic E-state index is 12.2. The minimum absolute atomic E-state index is 0.357. The molecular weight excluding hydrogens is 409 g/mol. The Bertz CT molecular complexity index is 996. The van der Waals surface area contributed by atoms with Crippen molar-refractivity contribution in [3.8, 4) is 11.8 Å². The molecule has 0 aliphatic carbocycles. The summed E-state index contributed by atoms with van der Waals surface area (Å²) < 4.78 is 64.7. The second-order valence-electron chi connectivity index (χ2n) is 6.25. The van der Waals surface area contributed by atoms with Gasteiger partial charge in [0.2, 0.25) is 5.91 Å². The molecule has 1 amide bonds. The molecule has 0 unspecified atom stereocenters. The zero-order chi connectivity index (χ0) is 21.7. The smallest absolute Gasteiger partial charge is 0.406 e. The largest absolute Gasteiger partial charge is 0.573 e. The Morgan fingerprint density at radius 3 is 2.24 bits per heavy atom. The van der Waals surface area contributed by atoms with E-state index in [1.807, 2.05) is 6.07 Å². The molecule has 10 heteroatoms. The Labute approximate surface area is 165 Å². The second kappa shape index (κ2) is 8.96. The predicted molar refractivity (Wildman–Crippen MR) is 98.3 cm³/mol. The molecule has 0 aliphatic rings. The van der Waals surface area contributed by atoms with Crippen molar-refractivity contribution in [2.24, 2.45) is 0 Å². The van der Waals surface area contributed by atoms with E-state index in [2.05, 4.69) is 10.1 Å². The summed E-state index contributed by atoms with van der Waals surface area (Å²) in [6.45, 7) is 1.57. The van der Waals surface area contributed by atoms with Crippen molar-refractivity contribution in [3.05, 3.63) is 65.2 Å². The highest BCUT2D eigenvalue weighted by Gasteiger charge is 2.31. The fourth-order valence-corrected chi connectivity index (χ4v) is 3.79. The van der Waals surface area contributed by atoms with Crippen LogP contribution >= 0.6 is 0 Å². The molecule has 1 atom stereocenters. The maximum Gasteiger partial charge on any atom is 0.573 e. The van der Waals surface area contributed by atoms with Crippen molar-refractivity contribution in [1.82, 2.24) is 5.32 Å². The Kier molecular flexibility index (Phi) is 6.87. The number of rotatable bonds is 7. The van der Waals surface area contributed by atoms with Gasteiger partial charge in [-0.3, -0.25) is 4.79 Å². The SMILES string of the molecule is C[C@@H](NC(=O)CS(=O)(=O)Cc1ccc(C#N)cc1)c1ccc(OC(F)(F)F)cc1. The summed E-state index contributed by atoms with van der Waals surface area (Å²) in [5.41, 5.74) is 1.33. The van der Waals surface area contributed by atoms with Crippen molar-refractivity contribution >= 4 is 15.7 Å². The van der Waals surface area contributed by atoms with Crippen LogP contribution in [-0.2, 0) is 20.4 Å². The first kappa shape index (κ1) is 22.2. The van der Waals surface area contributed by atoms with Gasteiger partial charge in [-0.1, -0.05) is 24.3 Å². The number of amides is 1. The van der Waals surface area contributed by atoms with Gasteiger partial charge in [-0.2, -0.15) is 5.26 Å². The van der Waals surface area contributed by atoms with Gasteiger partial charge in [0.25, 0.3) is 0 Å². The van der Waals surface area contributed by atoms with Crippen LogP contribution in [0, 0.1) is 11.3 Å². The zero-order valence-electron chi connectivity index (χ0n) is 15.2. The fourth-order valence-electron chi connectivity index (χ4n) is 2.50. The van der Waals surface area contributed by atoms with Crippen molar-refractivity contribution in [3.63, 3.8) is 0 Å². The summed E-state index contributed by atoms with van der Waals surface area (Å²) in [7, 11) is -3.75. The number of alkyl halides is 3. The van der Waals surface area contributed by atoms with E-state index in [1.165, 1.54) is 36.4 Å². The summed E-state index contributed by atoms with van der Waals surface area (Å²) in [5, 5.41) is 11.2. The molecule has 154 valence electrons. The molecule has 0 aromatic heterocycles. The van der Waals surface area contributed by atoms with Crippen LogP contribution in [0.4, 0.5) is 13.2 Å². The number of benzene rings is 2. The van der Waals surface area contributed by atoms with Gasteiger partial charge < -0.3 is 10.1 Å². The van der Waals surface area contributed by atoms with Crippen LogP contribution in [0.2, 0.25) is 0 Å². The molecule has 29 heavy (non-hydrogen) atoms. The van der Waals surface area contributed by atoms with Crippen molar-refractivity contribution in [2.75, 3.05) is 5.75 Å². The van der Waals surface area contributed by atoms with E-state index in [0.717, 1.165) is 12.1 Å². The molecule has 0 spiro atoms. The molecule has 0 radical (unpaired) electrons. The number of hydrogen-bond acceptors (Lipinski definition) is 5. The van der Waals surface area contributed by atoms with E-state index in [9.17, 15) is 26.4 Å². The molecule has 0 saturated heterocycles. The Morgan fingerprint density at radius 1 is 1.14 bits per heavy atom. The number of hydrogen-bond donors (Lipinski definition) is 1. The minimum atomic E-state index is -4.80. The van der Waals surface area contributed by atoms with Gasteiger partial charge in [0.1, 0.15) is 11.5 Å². The first-order valence-electron chi connectivity index (χ1n) is 8.32. The molecule has 6 nitrogen and oxygen atoms in total. The third-order valence-electron chi connectivity index (χ3n) is 3.81. The van der Waals surface area contributed by atoms with Gasteiger partial charge in [0, 0.05) is 0 Å². The van der Waals surface area contributed by atoms with Crippen LogP contribution < -0.4 is 10.1 Å². The maximum atomic E-state index is 12.2. The average Bonchev–Trinajstić information content (AvgIpc) is 2.60. The first-order chi connectivity index (χ1) is 13.5. The van der Waals surface area contributed by atoms with Crippen LogP contribution in [0.5, 0.6) is 5.75 Å². The van der Waals surface area contributed by atoms with E-state index in [-0.39, 0.29) is 5.75 Å².